The van der Waals surface area contributed by atoms with E-state index in [9.17, 15) is 31.1 Å². The quantitative estimate of drug-likeness (QED) is 0.237. The highest BCUT2D eigenvalue weighted by molar-refractivity contribution is 8.00. The normalized spacial score (nSPS) is 12.2. The van der Waals surface area contributed by atoms with Crippen molar-refractivity contribution in [2.45, 2.75) is 17.4 Å². The van der Waals surface area contributed by atoms with Gasteiger partial charge in [-0.3, -0.25) is 4.79 Å². The summed E-state index contributed by atoms with van der Waals surface area (Å²) in [4.78, 5) is 23.3. The Morgan fingerprint density at radius 1 is 1.00 bits per heavy atom. The van der Waals surface area contributed by atoms with E-state index >= 15 is 0 Å². The van der Waals surface area contributed by atoms with Crippen molar-refractivity contribution in [1.29, 1.82) is 0 Å². The summed E-state index contributed by atoms with van der Waals surface area (Å²) in [5.41, 5.74) is -1.04. The first-order chi connectivity index (χ1) is 16.0. The Balaban J connectivity index is 1.60. The smallest absolute Gasteiger partial charge is 0.323 e. The van der Waals surface area contributed by atoms with Crippen LogP contribution >= 0.6 is 11.8 Å². The summed E-state index contributed by atoms with van der Waals surface area (Å²) in [5.74, 6) is -2.55. The number of halogens is 6. The molecule has 0 unspecified atom stereocenters. The highest BCUT2D eigenvalue weighted by atomic mass is 32.2. The number of amides is 1. The van der Waals surface area contributed by atoms with E-state index in [0.717, 1.165) is 29.2 Å². The summed E-state index contributed by atoms with van der Waals surface area (Å²) in [6.45, 7) is 0. The monoisotopic (exact) mass is 498 g/mol. The van der Waals surface area contributed by atoms with Crippen LogP contribution in [0.3, 0.4) is 0 Å². The average molecular weight is 498 g/mol. The van der Waals surface area contributed by atoms with Crippen LogP contribution in [0, 0.1) is 0 Å². The number of alkyl halides is 6. The lowest BCUT2D eigenvalue weighted by Gasteiger charge is -2.14. The summed E-state index contributed by atoms with van der Waals surface area (Å²) in [6.07, 6.45) is -7.06. The van der Waals surface area contributed by atoms with E-state index < -0.39 is 35.4 Å². The summed E-state index contributed by atoms with van der Waals surface area (Å²) >= 11 is 0.700. The van der Waals surface area contributed by atoms with Gasteiger partial charge in [-0.1, -0.05) is 30.0 Å². The van der Waals surface area contributed by atoms with Gasteiger partial charge in [-0.2, -0.15) is 31.4 Å². The topological polar surface area (TPSA) is 85.6 Å². The zero-order chi connectivity index (χ0) is 24.5. The molecule has 4 rings (SSSR count). The van der Waals surface area contributed by atoms with Crippen molar-refractivity contribution in [2.75, 3.05) is 11.1 Å². The van der Waals surface area contributed by atoms with Gasteiger partial charge in [0.15, 0.2) is 0 Å². The lowest BCUT2D eigenvalue weighted by molar-refractivity contribution is -0.145. The maximum Gasteiger partial charge on any atom is 0.451 e. The molecule has 2 aromatic heterocycles. The van der Waals surface area contributed by atoms with Crippen molar-refractivity contribution >= 4 is 34.3 Å². The number of rotatable bonds is 5. The molecule has 2 heterocycles. The molecular weight excluding hydrogens is 486 g/mol. The van der Waals surface area contributed by atoms with E-state index in [1.54, 1.807) is 6.07 Å². The van der Waals surface area contributed by atoms with E-state index in [1.807, 2.05) is 0 Å². The molecule has 0 spiro atoms. The number of nitrogens with zero attached hydrogens (tertiary/aromatic N) is 5. The zero-order valence-corrected chi connectivity index (χ0v) is 17.5. The lowest BCUT2D eigenvalue weighted by Crippen LogP contribution is -2.18. The molecule has 14 heteroatoms. The standard InChI is InChI=1S/C20H12F6N6OS/c21-19(22,23)11-5-6-15(32-10-27-9-28-32)14(7-11)29-16(33)8-34-17-12-3-1-2-4-13(12)30-18(31-17)20(24,25)26/h1-7,9-10H,8H2,(H,29,33). The van der Waals surface area contributed by atoms with Crippen LogP contribution in [0.15, 0.2) is 60.1 Å². The predicted molar refractivity (Wildman–Crippen MR) is 110 cm³/mol. The van der Waals surface area contributed by atoms with Crippen molar-refractivity contribution in [2.24, 2.45) is 0 Å². The molecule has 34 heavy (non-hydrogen) atoms. The summed E-state index contributed by atoms with van der Waals surface area (Å²) < 4.78 is 80.2. The summed E-state index contributed by atoms with van der Waals surface area (Å²) in [7, 11) is 0. The average Bonchev–Trinajstić information content (AvgIpc) is 3.30. The maximum atomic E-state index is 13.2. The third kappa shape index (κ3) is 5.11. The number of hydrogen-bond acceptors (Lipinski definition) is 6. The van der Waals surface area contributed by atoms with Crippen molar-refractivity contribution < 1.29 is 31.1 Å². The number of fused-ring (bicyclic) bond motifs is 1. The fourth-order valence-corrected chi connectivity index (χ4v) is 3.77. The number of aromatic nitrogens is 5. The number of anilines is 1. The Bertz CT molecular complexity index is 1340. The highest BCUT2D eigenvalue weighted by Crippen LogP contribution is 2.34. The second kappa shape index (κ2) is 8.93. The third-order valence-electron chi connectivity index (χ3n) is 4.43. The van der Waals surface area contributed by atoms with Gasteiger partial charge in [0, 0.05) is 5.39 Å². The Hall–Kier alpha value is -3.68. The van der Waals surface area contributed by atoms with Crippen LogP contribution in [0.5, 0.6) is 0 Å². The molecule has 0 aliphatic carbocycles. The van der Waals surface area contributed by atoms with Gasteiger partial charge in [0.1, 0.15) is 17.7 Å². The van der Waals surface area contributed by atoms with E-state index in [4.69, 9.17) is 0 Å². The lowest BCUT2D eigenvalue weighted by atomic mass is 10.1. The third-order valence-corrected chi connectivity index (χ3v) is 5.42. The van der Waals surface area contributed by atoms with Gasteiger partial charge in [-0.25, -0.2) is 19.6 Å². The van der Waals surface area contributed by atoms with Gasteiger partial charge >= 0.3 is 12.4 Å². The molecule has 2 aromatic carbocycles. The second-order valence-electron chi connectivity index (χ2n) is 6.77. The molecule has 7 nitrogen and oxygen atoms in total. The largest absolute Gasteiger partial charge is 0.451 e. The van der Waals surface area contributed by atoms with Crippen LogP contribution in [0.25, 0.3) is 16.6 Å². The molecule has 0 bridgehead atoms. The number of thioether (sulfide) groups is 1. The molecule has 176 valence electrons. The first-order valence-electron chi connectivity index (χ1n) is 9.35. The number of para-hydroxylation sites is 1. The second-order valence-corrected chi connectivity index (χ2v) is 7.74. The van der Waals surface area contributed by atoms with Crippen LogP contribution in [0.4, 0.5) is 32.0 Å². The van der Waals surface area contributed by atoms with Crippen molar-refractivity contribution in [1.82, 2.24) is 24.7 Å². The van der Waals surface area contributed by atoms with Crippen LogP contribution < -0.4 is 5.32 Å². The van der Waals surface area contributed by atoms with E-state index in [1.165, 1.54) is 24.5 Å². The minimum Gasteiger partial charge on any atom is -0.323 e. The van der Waals surface area contributed by atoms with Crippen molar-refractivity contribution in [3.8, 4) is 5.69 Å². The van der Waals surface area contributed by atoms with E-state index in [2.05, 4.69) is 25.4 Å². The van der Waals surface area contributed by atoms with Gasteiger partial charge in [0.25, 0.3) is 0 Å². The Labute approximate surface area is 191 Å². The molecular formula is C20H12F6N6OS. The fourth-order valence-electron chi connectivity index (χ4n) is 2.95. The highest BCUT2D eigenvalue weighted by Gasteiger charge is 2.35. The van der Waals surface area contributed by atoms with Crippen LogP contribution in [0.1, 0.15) is 11.4 Å². The predicted octanol–water partition coefficient (Wildman–Crippen LogP) is 4.98. The van der Waals surface area contributed by atoms with Gasteiger partial charge in [-0.05, 0) is 24.3 Å². The zero-order valence-electron chi connectivity index (χ0n) is 16.7. The van der Waals surface area contributed by atoms with Gasteiger partial charge in [0.2, 0.25) is 11.7 Å². The van der Waals surface area contributed by atoms with Gasteiger partial charge < -0.3 is 5.32 Å². The molecule has 0 aliphatic rings. The van der Waals surface area contributed by atoms with Crippen molar-refractivity contribution in [3.05, 3.63) is 66.5 Å². The SMILES string of the molecule is O=C(CSc1nc(C(F)(F)F)nc2ccccc12)Nc1cc(C(F)(F)F)ccc1-n1cncn1. The van der Waals surface area contributed by atoms with Gasteiger partial charge in [-0.15, -0.1) is 0 Å². The molecule has 0 fully saturated rings. The molecule has 0 aliphatic heterocycles. The first kappa shape index (κ1) is 23.5. The molecule has 0 radical (unpaired) electrons. The van der Waals surface area contributed by atoms with Crippen LogP contribution in [-0.4, -0.2) is 36.4 Å². The molecule has 0 atom stereocenters. The first-order valence-corrected chi connectivity index (χ1v) is 10.3. The van der Waals surface area contributed by atoms with Crippen LogP contribution in [0.2, 0.25) is 0 Å². The number of hydrogen-bond donors (Lipinski definition) is 1. The minimum absolute atomic E-state index is 0.0408. The molecule has 0 saturated carbocycles. The maximum absolute atomic E-state index is 13.2. The summed E-state index contributed by atoms with van der Waals surface area (Å²) in [6, 6.07) is 8.66. The van der Waals surface area contributed by atoms with E-state index in [-0.39, 0.29) is 21.9 Å². The molecule has 1 amide bonds. The molecule has 0 saturated heterocycles. The fraction of sp³-hybridized carbons (Fsp3) is 0.150. The minimum atomic E-state index is -4.80. The summed E-state index contributed by atoms with van der Waals surface area (Å²) in [5, 5.41) is 6.42. The number of benzene rings is 2. The number of nitrogens with one attached hydrogen (secondary N) is 1. The van der Waals surface area contributed by atoms with Crippen molar-refractivity contribution in [3.63, 3.8) is 0 Å². The Kier molecular flexibility index (Phi) is 6.17. The number of carbonyl (C=O) groups excluding carboxylic acids is 1. The number of carbonyl (C=O) groups is 1. The molecule has 4 aromatic rings. The Morgan fingerprint density at radius 3 is 2.44 bits per heavy atom. The Morgan fingerprint density at radius 2 is 1.76 bits per heavy atom. The van der Waals surface area contributed by atoms with Crippen LogP contribution in [-0.2, 0) is 17.1 Å². The van der Waals surface area contributed by atoms with Gasteiger partial charge in [0.05, 0.1) is 28.2 Å². The van der Waals surface area contributed by atoms with E-state index in [0.29, 0.717) is 17.1 Å². The molecule has 1 N–H and O–H groups in total.